The molecule has 0 radical (unpaired) electrons. The quantitative estimate of drug-likeness (QED) is 0.610. The van der Waals surface area contributed by atoms with E-state index in [2.05, 4.69) is 14.8 Å². The van der Waals surface area contributed by atoms with Gasteiger partial charge in [-0.05, 0) is 48.6 Å². The van der Waals surface area contributed by atoms with Crippen molar-refractivity contribution < 1.29 is 4.79 Å². The maximum atomic E-state index is 12.8. The average molecular weight is 486 g/mol. The zero-order valence-electron chi connectivity index (χ0n) is 18.7. The summed E-state index contributed by atoms with van der Waals surface area (Å²) in [6.07, 6.45) is 11.0. The highest BCUT2D eigenvalue weighted by Gasteiger charge is 2.29. The molecule has 1 saturated carbocycles. The molecule has 1 aliphatic carbocycles. The third-order valence-electron chi connectivity index (χ3n) is 7.07. The molecule has 174 valence electrons. The maximum absolute atomic E-state index is 12.8. The number of rotatable bonds is 4. The van der Waals surface area contributed by atoms with Crippen LogP contribution in [0, 0.1) is 0 Å². The number of carbonyl (C=O) groups excluding carboxylic acids is 1. The Kier molecular flexibility index (Phi) is 6.86. The normalized spacial score (nSPS) is 19.9. The van der Waals surface area contributed by atoms with Crippen LogP contribution in [0.3, 0.4) is 0 Å². The predicted molar refractivity (Wildman–Crippen MR) is 133 cm³/mol. The van der Waals surface area contributed by atoms with Gasteiger partial charge < -0.3 is 9.80 Å². The summed E-state index contributed by atoms with van der Waals surface area (Å²) < 4.78 is 0. The summed E-state index contributed by atoms with van der Waals surface area (Å²) in [6.45, 7) is 5.49. The summed E-state index contributed by atoms with van der Waals surface area (Å²) in [4.78, 5) is 29.2. The molecule has 1 saturated heterocycles. The molecule has 1 amide bonds. The summed E-state index contributed by atoms with van der Waals surface area (Å²) in [6, 6.07) is 6.14. The minimum atomic E-state index is -0.00539. The van der Waals surface area contributed by atoms with Crippen LogP contribution in [0.1, 0.15) is 36.1 Å². The smallest absolute Gasteiger partial charge is 0.246 e. The summed E-state index contributed by atoms with van der Waals surface area (Å²) in [5, 5.41) is 0.987. The fourth-order valence-electron chi connectivity index (χ4n) is 4.77. The van der Waals surface area contributed by atoms with E-state index in [0.29, 0.717) is 23.1 Å². The van der Waals surface area contributed by atoms with E-state index in [1.165, 1.54) is 19.3 Å². The molecule has 0 unspecified atom stereocenters. The van der Waals surface area contributed by atoms with E-state index in [1.54, 1.807) is 24.3 Å². The van der Waals surface area contributed by atoms with Crippen LogP contribution in [-0.2, 0) is 17.6 Å². The molecule has 2 aromatic rings. The van der Waals surface area contributed by atoms with E-state index in [4.69, 9.17) is 28.2 Å². The lowest BCUT2D eigenvalue weighted by Crippen LogP contribution is -2.52. The van der Waals surface area contributed by atoms with Gasteiger partial charge in [0.1, 0.15) is 0 Å². The van der Waals surface area contributed by atoms with Crippen molar-refractivity contribution in [2.24, 2.45) is 0 Å². The minimum absolute atomic E-state index is 0.00539. The molecule has 3 heterocycles. The van der Waals surface area contributed by atoms with Gasteiger partial charge in [0.15, 0.2) is 0 Å². The summed E-state index contributed by atoms with van der Waals surface area (Å²) in [5.41, 5.74) is 3.07. The summed E-state index contributed by atoms with van der Waals surface area (Å²) in [5.74, 6) is 0.829. The van der Waals surface area contributed by atoms with Crippen LogP contribution in [0.25, 0.3) is 6.08 Å². The molecule has 6 nitrogen and oxygen atoms in total. The molecule has 0 N–H and O–H groups in total. The first kappa shape index (κ1) is 22.6. The van der Waals surface area contributed by atoms with Crippen LogP contribution in [-0.4, -0.2) is 71.0 Å². The molecule has 1 aromatic heterocycles. The highest BCUT2D eigenvalue weighted by Crippen LogP contribution is 2.27. The Bertz CT molecular complexity index is 1050. The summed E-state index contributed by atoms with van der Waals surface area (Å²) in [7, 11) is 0. The van der Waals surface area contributed by atoms with E-state index in [-0.39, 0.29) is 5.91 Å². The third-order valence-corrected chi connectivity index (χ3v) is 7.81. The fourth-order valence-corrected chi connectivity index (χ4v) is 5.07. The Morgan fingerprint density at radius 3 is 2.52 bits per heavy atom. The first-order chi connectivity index (χ1) is 16.1. The van der Waals surface area contributed by atoms with Crippen LogP contribution < -0.4 is 4.90 Å². The van der Waals surface area contributed by atoms with Crippen LogP contribution in [0.15, 0.2) is 30.5 Å². The standard InChI is InChI=1S/C25H29Cl2N5O/c26-21-6-4-18(16-22(21)27)5-7-24(33)31-10-8-19-17-28-25(29-23(19)9-11-31)32-14-12-30(13-15-32)20-2-1-3-20/h4-7,16-17,20H,1-3,8-15H2/b7-5+. The topological polar surface area (TPSA) is 52.6 Å². The van der Waals surface area contributed by atoms with Gasteiger partial charge in [0.05, 0.1) is 15.7 Å². The number of benzene rings is 1. The Morgan fingerprint density at radius 1 is 1.00 bits per heavy atom. The highest BCUT2D eigenvalue weighted by atomic mass is 35.5. The Balaban J connectivity index is 1.19. The number of nitrogens with zero attached hydrogens (tertiary/aromatic N) is 5. The van der Waals surface area contributed by atoms with E-state index in [1.807, 2.05) is 17.2 Å². The molecule has 0 atom stereocenters. The number of piperazine rings is 1. The van der Waals surface area contributed by atoms with Crippen LogP contribution in [0.4, 0.5) is 5.95 Å². The van der Waals surface area contributed by atoms with Crippen molar-refractivity contribution >= 4 is 41.1 Å². The lowest BCUT2D eigenvalue weighted by Gasteiger charge is -2.43. The Labute approximate surface area is 205 Å². The number of anilines is 1. The molecule has 2 fully saturated rings. The lowest BCUT2D eigenvalue weighted by atomic mass is 9.91. The molecule has 33 heavy (non-hydrogen) atoms. The van der Waals surface area contributed by atoms with Crippen molar-refractivity contribution in [2.75, 3.05) is 44.2 Å². The number of aromatic nitrogens is 2. The Morgan fingerprint density at radius 2 is 1.79 bits per heavy atom. The number of amides is 1. The minimum Gasteiger partial charge on any atom is -0.338 e. The largest absolute Gasteiger partial charge is 0.338 e. The molecule has 1 aromatic carbocycles. The fraction of sp³-hybridized carbons (Fsp3) is 0.480. The van der Waals surface area contributed by atoms with Gasteiger partial charge in [-0.25, -0.2) is 9.97 Å². The molecule has 0 spiro atoms. The molecule has 0 bridgehead atoms. The second-order valence-electron chi connectivity index (χ2n) is 9.08. The molecule has 5 rings (SSSR count). The molecular weight excluding hydrogens is 457 g/mol. The van der Waals surface area contributed by atoms with Crippen molar-refractivity contribution in [1.82, 2.24) is 19.8 Å². The van der Waals surface area contributed by atoms with Crippen LogP contribution >= 0.6 is 23.2 Å². The zero-order chi connectivity index (χ0) is 22.8. The predicted octanol–water partition coefficient (Wildman–Crippen LogP) is 4.10. The van der Waals surface area contributed by atoms with Crippen molar-refractivity contribution in [2.45, 2.75) is 38.1 Å². The van der Waals surface area contributed by atoms with Gasteiger partial charge in [0, 0.05) is 64.0 Å². The number of fused-ring (bicyclic) bond motifs is 1. The number of hydrogen-bond donors (Lipinski definition) is 0. The SMILES string of the molecule is O=C(/C=C/c1ccc(Cl)c(Cl)c1)N1CCc2cnc(N3CCN(C4CCC4)CC3)nc2CC1. The number of hydrogen-bond acceptors (Lipinski definition) is 5. The second kappa shape index (κ2) is 10.00. The molecular formula is C25H29Cl2N5O. The molecule has 3 aliphatic rings. The van der Waals surface area contributed by atoms with Crippen molar-refractivity contribution in [3.05, 3.63) is 57.3 Å². The second-order valence-corrected chi connectivity index (χ2v) is 9.90. The van der Waals surface area contributed by atoms with Gasteiger partial charge in [-0.15, -0.1) is 0 Å². The van der Waals surface area contributed by atoms with E-state index in [0.717, 1.165) is 67.8 Å². The van der Waals surface area contributed by atoms with Crippen molar-refractivity contribution in [1.29, 1.82) is 0 Å². The first-order valence-corrected chi connectivity index (χ1v) is 12.6. The molecule has 2 aliphatic heterocycles. The number of carbonyl (C=O) groups is 1. The lowest BCUT2D eigenvalue weighted by molar-refractivity contribution is -0.125. The monoisotopic (exact) mass is 485 g/mol. The zero-order valence-corrected chi connectivity index (χ0v) is 20.2. The third kappa shape index (κ3) is 5.18. The Hall–Kier alpha value is -2.15. The first-order valence-electron chi connectivity index (χ1n) is 11.8. The summed E-state index contributed by atoms with van der Waals surface area (Å²) >= 11 is 12.0. The van der Waals surface area contributed by atoms with Crippen molar-refractivity contribution in [3.63, 3.8) is 0 Å². The van der Waals surface area contributed by atoms with Gasteiger partial charge in [-0.1, -0.05) is 35.7 Å². The van der Waals surface area contributed by atoms with Crippen molar-refractivity contribution in [3.8, 4) is 0 Å². The van der Waals surface area contributed by atoms with Gasteiger partial charge in [-0.2, -0.15) is 0 Å². The van der Waals surface area contributed by atoms with Gasteiger partial charge >= 0.3 is 0 Å². The number of halogens is 2. The average Bonchev–Trinajstić information content (AvgIpc) is 3.01. The van der Waals surface area contributed by atoms with E-state index in [9.17, 15) is 4.79 Å². The van der Waals surface area contributed by atoms with Gasteiger partial charge in [-0.3, -0.25) is 9.69 Å². The van der Waals surface area contributed by atoms with Crippen LogP contribution in [0.2, 0.25) is 10.0 Å². The van der Waals surface area contributed by atoms with E-state index < -0.39 is 0 Å². The van der Waals surface area contributed by atoms with Gasteiger partial charge in [0.25, 0.3) is 0 Å². The highest BCUT2D eigenvalue weighted by molar-refractivity contribution is 6.42. The maximum Gasteiger partial charge on any atom is 0.246 e. The van der Waals surface area contributed by atoms with E-state index >= 15 is 0 Å². The molecule has 8 heteroatoms. The van der Waals surface area contributed by atoms with Crippen LogP contribution in [0.5, 0.6) is 0 Å². The van der Waals surface area contributed by atoms with Gasteiger partial charge in [0.2, 0.25) is 11.9 Å².